The van der Waals surface area contributed by atoms with E-state index in [-0.39, 0.29) is 53.8 Å². The van der Waals surface area contributed by atoms with Gasteiger partial charge in [0.25, 0.3) is 0 Å². The molecule has 9 heteroatoms. The molecule has 1 atom stereocenters. The van der Waals surface area contributed by atoms with Crippen LogP contribution in [-0.2, 0) is 11.0 Å². The third-order valence-corrected chi connectivity index (χ3v) is 7.98. The van der Waals surface area contributed by atoms with E-state index in [4.69, 9.17) is 9.47 Å². The topological polar surface area (TPSA) is 82.9 Å². The molecular weight excluding hydrogens is 545 g/mol. The van der Waals surface area contributed by atoms with Gasteiger partial charge in [0.05, 0.1) is 11.3 Å². The van der Waals surface area contributed by atoms with Gasteiger partial charge in [0, 0.05) is 34.7 Å². The van der Waals surface area contributed by atoms with Gasteiger partial charge in [-0.25, -0.2) is 0 Å². The van der Waals surface area contributed by atoms with Crippen LogP contribution in [0.1, 0.15) is 54.9 Å². The smallest absolute Gasteiger partial charge is 0.418 e. The number of benzene rings is 3. The highest BCUT2D eigenvalue weighted by Crippen LogP contribution is 2.53. The number of allylic oxidation sites excluding steroid dienone is 2. The zero-order valence-corrected chi connectivity index (χ0v) is 23.3. The number of aliphatic hydroxyl groups excluding tert-OH is 1. The van der Waals surface area contributed by atoms with Crippen molar-refractivity contribution in [1.29, 1.82) is 5.41 Å². The highest BCUT2D eigenvalue weighted by atomic mass is 19.4. The summed E-state index contributed by atoms with van der Waals surface area (Å²) >= 11 is 0. The average Bonchev–Trinajstić information content (AvgIpc) is 3.39. The van der Waals surface area contributed by atoms with Crippen LogP contribution in [0.5, 0.6) is 11.5 Å². The summed E-state index contributed by atoms with van der Waals surface area (Å²) in [6.07, 6.45) is -4.31. The Labute approximate surface area is 241 Å². The van der Waals surface area contributed by atoms with Crippen LogP contribution in [0.15, 0.2) is 83.6 Å². The second-order valence-electron chi connectivity index (χ2n) is 11.7. The number of nitrogens with one attached hydrogen (secondary N) is 1. The number of rotatable bonds is 3. The molecule has 1 unspecified atom stereocenters. The molecule has 2 aliphatic heterocycles. The summed E-state index contributed by atoms with van der Waals surface area (Å²) in [5, 5.41) is 21.3. The number of Topliss-reactive ketones (excluding diaryl/α,β-unsaturated/α-hetero) is 1. The minimum atomic E-state index is -4.72. The summed E-state index contributed by atoms with van der Waals surface area (Å²) in [4.78, 5) is 15.2. The summed E-state index contributed by atoms with van der Waals surface area (Å²) in [5.74, 6) is -0.841. The number of alkyl halides is 3. The number of aryl methyl sites for hydroxylation is 1. The first-order valence-electron chi connectivity index (χ1n) is 13.6. The molecule has 0 radical (unpaired) electrons. The molecule has 0 bridgehead atoms. The van der Waals surface area contributed by atoms with Crippen molar-refractivity contribution < 1.29 is 32.5 Å². The molecule has 6 nitrogen and oxygen atoms in total. The number of hydrogen-bond donors (Lipinski definition) is 2. The van der Waals surface area contributed by atoms with Crippen LogP contribution in [0.2, 0.25) is 0 Å². The van der Waals surface area contributed by atoms with Crippen LogP contribution in [0.25, 0.3) is 5.76 Å². The second kappa shape index (κ2) is 9.79. The number of carbonyl (C=O) groups excluding carboxylic acids is 1. The SMILES string of the molecule is Cc1ccc(/C(O)=C2\C(=N)N(c3ccccc3C(F)(F)F)C3=C(C(=O)CC(C)(C)C3)C2c2ccc3c(c2)OCO3)cc1. The first kappa shape index (κ1) is 27.6. The predicted molar refractivity (Wildman–Crippen MR) is 153 cm³/mol. The summed E-state index contributed by atoms with van der Waals surface area (Å²) < 4.78 is 54.1. The molecule has 0 saturated carbocycles. The van der Waals surface area contributed by atoms with Gasteiger partial charge in [0.15, 0.2) is 17.3 Å². The van der Waals surface area contributed by atoms with E-state index >= 15 is 0 Å². The number of hydrogen-bond acceptors (Lipinski definition) is 5. The van der Waals surface area contributed by atoms with Gasteiger partial charge in [-0.1, -0.05) is 61.9 Å². The zero-order valence-electron chi connectivity index (χ0n) is 23.3. The van der Waals surface area contributed by atoms with Crippen molar-refractivity contribution in [2.24, 2.45) is 5.41 Å². The number of carbonyl (C=O) groups is 1. The van der Waals surface area contributed by atoms with Crippen molar-refractivity contribution in [3.8, 4) is 11.5 Å². The Balaban J connectivity index is 1.69. The van der Waals surface area contributed by atoms with Gasteiger partial charge in [-0.2, -0.15) is 13.2 Å². The lowest BCUT2D eigenvalue weighted by atomic mass is 9.67. The average molecular weight is 575 g/mol. The van der Waals surface area contributed by atoms with E-state index in [1.807, 2.05) is 20.8 Å². The maximum absolute atomic E-state index is 14.3. The molecule has 2 N–H and O–H groups in total. The standard InChI is InChI=1S/C33H29F3N2O4/c1-18-8-10-19(11-9-18)30(40)29-27(20-12-13-25-26(14-20)42-17-41-25)28-23(15-32(2,3)16-24(28)39)38(31(29)37)22-7-5-4-6-21(22)33(34,35)36/h4-14,27,37,40H,15-17H2,1-3H3/b30-29+,37-31?. The van der Waals surface area contributed by atoms with Crippen molar-refractivity contribution in [1.82, 2.24) is 0 Å². The van der Waals surface area contributed by atoms with Crippen molar-refractivity contribution in [2.45, 2.75) is 45.7 Å². The fourth-order valence-corrected chi connectivity index (χ4v) is 6.08. The number of fused-ring (bicyclic) bond motifs is 1. The van der Waals surface area contributed by atoms with Gasteiger partial charge in [-0.15, -0.1) is 0 Å². The number of para-hydroxylation sites is 1. The molecular formula is C33H29F3N2O4. The largest absolute Gasteiger partial charge is 0.507 e. The van der Waals surface area contributed by atoms with Crippen molar-refractivity contribution >= 4 is 23.1 Å². The van der Waals surface area contributed by atoms with E-state index in [2.05, 4.69) is 0 Å². The van der Waals surface area contributed by atoms with E-state index in [1.165, 1.54) is 23.1 Å². The number of aliphatic hydroxyl groups is 1. The first-order chi connectivity index (χ1) is 19.9. The van der Waals surface area contributed by atoms with Crippen LogP contribution in [0.4, 0.5) is 18.9 Å². The summed E-state index contributed by atoms with van der Waals surface area (Å²) in [6, 6.07) is 17.1. The van der Waals surface area contributed by atoms with Crippen LogP contribution in [0.3, 0.4) is 0 Å². The third-order valence-electron chi connectivity index (χ3n) is 7.98. The molecule has 0 spiro atoms. The van der Waals surface area contributed by atoms with Crippen LogP contribution in [0, 0.1) is 17.7 Å². The number of ketones is 1. The highest BCUT2D eigenvalue weighted by molar-refractivity contribution is 6.20. The maximum atomic E-state index is 14.3. The van der Waals surface area contributed by atoms with Crippen LogP contribution < -0.4 is 14.4 Å². The fourth-order valence-electron chi connectivity index (χ4n) is 6.08. The number of anilines is 1. The quantitative estimate of drug-likeness (QED) is 0.311. The molecule has 0 saturated heterocycles. The lowest BCUT2D eigenvalue weighted by Crippen LogP contribution is -2.45. The van der Waals surface area contributed by atoms with Gasteiger partial charge < -0.3 is 14.6 Å². The molecule has 6 rings (SSSR count). The van der Waals surface area contributed by atoms with E-state index in [9.17, 15) is 28.5 Å². The molecule has 0 amide bonds. The molecule has 0 aromatic heterocycles. The number of halogens is 3. The molecule has 2 heterocycles. The second-order valence-corrected chi connectivity index (χ2v) is 11.7. The molecule has 3 aromatic rings. The third kappa shape index (κ3) is 4.62. The number of amidine groups is 1. The Morgan fingerprint density at radius 3 is 2.40 bits per heavy atom. The highest BCUT2D eigenvalue weighted by Gasteiger charge is 2.48. The normalized spacial score (nSPS) is 21.0. The minimum Gasteiger partial charge on any atom is -0.507 e. The fraction of sp³-hybridized carbons (Fsp3) is 0.273. The van der Waals surface area contributed by atoms with Crippen LogP contribution in [-0.4, -0.2) is 23.5 Å². The Kier molecular flexibility index (Phi) is 6.44. The van der Waals surface area contributed by atoms with Gasteiger partial charge in [-0.3, -0.25) is 15.1 Å². The first-order valence-corrected chi connectivity index (χ1v) is 13.6. The molecule has 42 heavy (non-hydrogen) atoms. The minimum absolute atomic E-state index is 0.0274. The van der Waals surface area contributed by atoms with Crippen LogP contribution >= 0.6 is 0 Å². The summed E-state index contributed by atoms with van der Waals surface area (Å²) in [6.45, 7) is 5.69. The predicted octanol–water partition coefficient (Wildman–Crippen LogP) is 7.94. The van der Waals surface area contributed by atoms with E-state index < -0.39 is 23.1 Å². The van der Waals surface area contributed by atoms with Crippen molar-refractivity contribution in [3.05, 3.63) is 106 Å². The van der Waals surface area contributed by atoms with E-state index in [1.54, 1.807) is 42.5 Å². The maximum Gasteiger partial charge on any atom is 0.418 e. The van der Waals surface area contributed by atoms with Crippen molar-refractivity contribution in [3.63, 3.8) is 0 Å². The van der Waals surface area contributed by atoms with Gasteiger partial charge in [0.1, 0.15) is 11.6 Å². The molecule has 216 valence electrons. The van der Waals surface area contributed by atoms with Crippen molar-refractivity contribution in [2.75, 3.05) is 11.7 Å². The summed E-state index contributed by atoms with van der Waals surface area (Å²) in [7, 11) is 0. The Bertz CT molecular complexity index is 1690. The molecule has 0 fully saturated rings. The van der Waals surface area contributed by atoms with Gasteiger partial charge in [0.2, 0.25) is 6.79 Å². The Morgan fingerprint density at radius 2 is 1.69 bits per heavy atom. The molecule has 3 aromatic carbocycles. The number of ether oxygens (including phenoxy) is 2. The number of nitrogens with zero attached hydrogens (tertiary/aromatic N) is 1. The van der Waals surface area contributed by atoms with Gasteiger partial charge >= 0.3 is 6.18 Å². The Morgan fingerprint density at radius 1 is 1.00 bits per heavy atom. The molecule has 1 aliphatic carbocycles. The molecule has 3 aliphatic rings. The summed E-state index contributed by atoms with van der Waals surface area (Å²) in [5.41, 5.74) is 0.709. The monoisotopic (exact) mass is 574 g/mol. The zero-order chi connectivity index (χ0) is 30.0. The Hall–Kier alpha value is -4.53. The lowest BCUT2D eigenvalue weighted by Gasteiger charge is -2.45. The van der Waals surface area contributed by atoms with E-state index in [0.29, 0.717) is 28.3 Å². The lowest BCUT2D eigenvalue weighted by molar-refractivity contribution is -0.137. The van der Waals surface area contributed by atoms with Gasteiger partial charge in [-0.05, 0) is 48.6 Å². The van der Waals surface area contributed by atoms with E-state index in [0.717, 1.165) is 11.6 Å².